The van der Waals surface area contributed by atoms with Gasteiger partial charge in [-0.1, -0.05) is 6.58 Å². The maximum Gasteiger partial charge on any atom is 0.224 e. The molecule has 1 aliphatic heterocycles. The van der Waals surface area contributed by atoms with Crippen molar-refractivity contribution in [2.45, 2.75) is 37.6 Å². The van der Waals surface area contributed by atoms with Crippen LogP contribution < -0.4 is 9.80 Å². The van der Waals surface area contributed by atoms with Crippen LogP contribution >= 0.6 is 11.6 Å². The van der Waals surface area contributed by atoms with Crippen molar-refractivity contribution >= 4 is 23.1 Å². The van der Waals surface area contributed by atoms with Crippen molar-refractivity contribution in [3.8, 4) is 6.07 Å². The minimum Gasteiger partial charge on any atom is -0.327 e. The molecule has 0 aromatic carbocycles. The third-order valence-electron chi connectivity index (χ3n) is 6.80. The summed E-state index contributed by atoms with van der Waals surface area (Å²) in [5.74, 6) is 3.83. The van der Waals surface area contributed by atoms with Gasteiger partial charge in [-0.3, -0.25) is 0 Å². The summed E-state index contributed by atoms with van der Waals surface area (Å²) in [7, 11) is 2.01. The molecule has 1 aromatic heterocycles. The first kappa shape index (κ1) is 14.5. The molecule has 6 rings (SSSR count). The van der Waals surface area contributed by atoms with Crippen LogP contribution in [0.4, 0.5) is 11.5 Å². The Hall–Kier alpha value is -1.80. The minimum absolute atomic E-state index is 0.0398. The highest BCUT2D eigenvalue weighted by atomic mass is 35.5. The van der Waals surface area contributed by atoms with Crippen molar-refractivity contribution in [1.82, 2.24) is 9.97 Å². The first-order chi connectivity index (χ1) is 11.5. The molecule has 0 saturated heterocycles. The minimum atomic E-state index is 0.0398. The zero-order chi connectivity index (χ0) is 16.6. The lowest BCUT2D eigenvalue weighted by Gasteiger charge is -2.61. The number of nitriles is 1. The molecule has 0 amide bonds. The highest BCUT2D eigenvalue weighted by Gasteiger charge is 2.59. The van der Waals surface area contributed by atoms with Crippen LogP contribution in [0.1, 0.15) is 32.1 Å². The smallest absolute Gasteiger partial charge is 0.224 e. The van der Waals surface area contributed by atoms with Crippen molar-refractivity contribution in [3.63, 3.8) is 0 Å². The van der Waals surface area contributed by atoms with Crippen LogP contribution in [0, 0.1) is 35.0 Å². The van der Waals surface area contributed by atoms with Gasteiger partial charge < -0.3 is 9.80 Å². The Morgan fingerprint density at radius 2 is 2.04 bits per heavy atom. The summed E-state index contributed by atoms with van der Waals surface area (Å²) in [5, 5.41) is 9.89. The second-order valence-electron chi connectivity index (χ2n) is 8.01. The molecular weight excluding hydrogens is 322 g/mol. The van der Waals surface area contributed by atoms with E-state index in [4.69, 9.17) is 11.6 Å². The molecule has 4 aliphatic carbocycles. The summed E-state index contributed by atoms with van der Waals surface area (Å²) < 4.78 is 0. The standard InChI is InChI=1S/C18H20ClN5/c1-10-23(2)15-9-21-17(19)22-16(15)24(10)18-5-11-3-12(6-18)14(8-20)13(4-11)7-18/h9,11-14H,1,3-7H2,2H3. The van der Waals surface area contributed by atoms with E-state index >= 15 is 0 Å². The summed E-state index contributed by atoms with van der Waals surface area (Å²) in [6.45, 7) is 4.33. The van der Waals surface area contributed by atoms with Gasteiger partial charge in [0, 0.05) is 12.6 Å². The number of rotatable bonds is 1. The Morgan fingerprint density at radius 1 is 1.33 bits per heavy atom. The number of halogens is 1. The van der Waals surface area contributed by atoms with Crippen molar-refractivity contribution in [2.75, 3.05) is 16.8 Å². The van der Waals surface area contributed by atoms with Crippen molar-refractivity contribution in [2.24, 2.45) is 23.7 Å². The third-order valence-corrected chi connectivity index (χ3v) is 6.99. The molecule has 4 fully saturated rings. The molecule has 0 radical (unpaired) electrons. The second kappa shape index (κ2) is 4.64. The van der Waals surface area contributed by atoms with Crippen LogP contribution in [-0.4, -0.2) is 22.6 Å². The lowest BCUT2D eigenvalue weighted by atomic mass is 9.49. The topological polar surface area (TPSA) is 56.1 Å². The van der Waals surface area contributed by atoms with Gasteiger partial charge in [-0.25, -0.2) is 4.98 Å². The zero-order valence-electron chi connectivity index (χ0n) is 13.7. The van der Waals surface area contributed by atoms with Crippen LogP contribution in [0.2, 0.25) is 5.28 Å². The van der Waals surface area contributed by atoms with E-state index < -0.39 is 0 Å². The maximum atomic E-state index is 9.61. The van der Waals surface area contributed by atoms with E-state index in [0.29, 0.717) is 11.8 Å². The number of fused-ring (bicyclic) bond motifs is 1. The number of hydrogen-bond donors (Lipinski definition) is 0. The van der Waals surface area contributed by atoms with E-state index in [-0.39, 0.29) is 16.7 Å². The summed E-state index contributed by atoms with van der Waals surface area (Å²) in [6.07, 6.45) is 7.51. The third kappa shape index (κ3) is 1.70. The Labute approximate surface area is 146 Å². The summed E-state index contributed by atoms with van der Waals surface area (Å²) >= 11 is 6.10. The maximum absolute atomic E-state index is 9.61. The Balaban J connectivity index is 1.62. The molecule has 1 aromatic rings. The van der Waals surface area contributed by atoms with Gasteiger partial charge in [-0.2, -0.15) is 10.2 Å². The molecule has 2 atom stereocenters. The molecule has 24 heavy (non-hydrogen) atoms. The van der Waals surface area contributed by atoms with Crippen molar-refractivity contribution in [1.29, 1.82) is 5.26 Å². The zero-order valence-corrected chi connectivity index (χ0v) is 14.5. The number of hydrogen-bond acceptors (Lipinski definition) is 5. The predicted molar refractivity (Wildman–Crippen MR) is 92.5 cm³/mol. The molecule has 5 aliphatic rings. The lowest BCUT2D eigenvalue weighted by molar-refractivity contribution is -0.0309. The Kier molecular flexibility index (Phi) is 2.81. The molecule has 0 spiro atoms. The Morgan fingerprint density at radius 3 is 2.71 bits per heavy atom. The number of nitrogens with zero attached hydrogens (tertiary/aromatic N) is 5. The highest BCUT2D eigenvalue weighted by Crippen LogP contribution is 2.62. The van der Waals surface area contributed by atoms with Gasteiger partial charge in [0.15, 0.2) is 5.82 Å². The van der Waals surface area contributed by atoms with E-state index in [1.807, 2.05) is 7.05 Å². The van der Waals surface area contributed by atoms with E-state index in [9.17, 15) is 5.26 Å². The van der Waals surface area contributed by atoms with Crippen molar-refractivity contribution in [3.05, 3.63) is 23.9 Å². The van der Waals surface area contributed by atoms with Crippen LogP contribution in [0.3, 0.4) is 0 Å². The highest BCUT2D eigenvalue weighted by molar-refractivity contribution is 6.28. The normalized spacial score (nSPS) is 39.3. The second-order valence-corrected chi connectivity index (χ2v) is 8.35. The van der Waals surface area contributed by atoms with E-state index in [1.54, 1.807) is 6.20 Å². The fourth-order valence-electron chi connectivity index (χ4n) is 6.12. The SMILES string of the molecule is C=C1N(C)c2cnc(Cl)nc2N1C12CC3CC(C1)C(C#N)C(C3)C2. The average Bonchev–Trinajstić information content (AvgIpc) is 2.78. The van der Waals surface area contributed by atoms with E-state index in [2.05, 4.69) is 32.4 Å². The van der Waals surface area contributed by atoms with Gasteiger partial charge in [0.2, 0.25) is 5.28 Å². The molecule has 4 saturated carbocycles. The average molecular weight is 342 g/mol. The Bertz CT molecular complexity index is 768. The van der Waals surface area contributed by atoms with Gasteiger partial charge in [-0.15, -0.1) is 0 Å². The van der Waals surface area contributed by atoms with Crippen LogP contribution in [0.5, 0.6) is 0 Å². The van der Waals surface area contributed by atoms with Gasteiger partial charge in [0.1, 0.15) is 11.5 Å². The van der Waals surface area contributed by atoms with E-state index in [0.717, 1.165) is 36.1 Å². The van der Waals surface area contributed by atoms with Crippen molar-refractivity contribution < 1.29 is 0 Å². The first-order valence-electron chi connectivity index (χ1n) is 8.67. The molecule has 5 nitrogen and oxygen atoms in total. The summed E-state index contributed by atoms with van der Waals surface area (Å²) in [4.78, 5) is 13.1. The predicted octanol–water partition coefficient (Wildman–Crippen LogP) is 3.58. The fourth-order valence-corrected chi connectivity index (χ4v) is 6.25. The molecule has 2 unspecified atom stereocenters. The molecule has 4 bridgehead atoms. The van der Waals surface area contributed by atoms with E-state index in [1.165, 1.54) is 19.3 Å². The van der Waals surface area contributed by atoms with Crippen LogP contribution in [-0.2, 0) is 0 Å². The summed E-state index contributed by atoms with van der Waals surface area (Å²) in [6, 6.07) is 2.61. The van der Waals surface area contributed by atoms with Gasteiger partial charge in [0.25, 0.3) is 0 Å². The largest absolute Gasteiger partial charge is 0.327 e. The first-order valence-corrected chi connectivity index (χ1v) is 9.05. The summed E-state index contributed by atoms with van der Waals surface area (Å²) in [5.41, 5.74) is 1.01. The number of aromatic nitrogens is 2. The van der Waals surface area contributed by atoms with Gasteiger partial charge in [-0.05, 0) is 61.5 Å². The quantitative estimate of drug-likeness (QED) is 0.731. The molecule has 6 heteroatoms. The number of anilines is 2. The molecule has 124 valence electrons. The van der Waals surface area contributed by atoms with Gasteiger partial charge in [0.05, 0.1) is 18.2 Å². The lowest BCUT2D eigenvalue weighted by Crippen LogP contribution is -2.62. The van der Waals surface area contributed by atoms with Gasteiger partial charge >= 0.3 is 0 Å². The fraction of sp³-hybridized carbons (Fsp3) is 0.611. The monoisotopic (exact) mass is 341 g/mol. The molecule has 0 N–H and O–H groups in total. The van der Waals surface area contributed by atoms with Crippen LogP contribution in [0.15, 0.2) is 18.6 Å². The molecular formula is C18H20ClN5. The molecule has 2 heterocycles. The van der Waals surface area contributed by atoms with Crippen LogP contribution in [0.25, 0.3) is 0 Å².